The molecule has 1 aliphatic carbocycles. The molecule has 1 aromatic heterocycles. The topological polar surface area (TPSA) is 53.4 Å². The third-order valence-electron chi connectivity index (χ3n) is 3.43. The first kappa shape index (κ1) is 14.8. The number of thiazole rings is 1. The zero-order valence-electron chi connectivity index (χ0n) is 10.8. The van der Waals surface area contributed by atoms with Gasteiger partial charge in [0.05, 0.1) is 18.0 Å². The molecule has 0 radical (unpaired) electrons. The first-order valence-electron chi connectivity index (χ1n) is 6.64. The number of nitrogens with zero attached hydrogens (tertiary/aromatic N) is 2. The van der Waals surface area contributed by atoms with E-state index >= 15 is 0 Å². The zero-order valence-corrected chi connectivity index (χ0v) is 12.4. The van der Waals surface area contributed by atoms with Gasteiger partial charge in [-0.25, -0.2) is 4.98 Å². The summed E-state index contributed by atoms with van der Waals surface area (Å²) < 4.78 is 0. The molecular weight excluding hydrogens is 284 g/mol. The number of halogens is 1. The van der Waals surface area contributed by atoms with E-state index in [4.69, 9.17) is 16.7 Å². The van der Waals surface area contributed by atoms with Gasteiger partial charge in [0.2, 0.25) is 5.91 Å². The molecule has 1 amide bonds. The number of aromatic nitrogens is 1. The van der Waals surface area contributed by atoms with Crippen molar-refractivity contribution >= 4 is 28.8 Å². The molecule has 1 N–H and O–H groups in total. The number of carbonyl (C=O) groups is 1. The molecule has 1 saturated carbocycles. The van der Waals surface area contributed by atoms with Crippen LogP contribution in [0.25, 0.3) is 0 Å². The quantitative estimate of drug-likeness (QED) is 0.786. The Morgan fingerprint density at radius 1 is 1.58 bits per heavy atom. The van der Waals surface area contributed by atoms with Crippen LogP contribution in [0.5, 0.6) is 0 Å². The summed E-state index contributed by atoms with van der Waals surface area (Å²) in [4.78, 5) is 18.6. The van der Waals surface area contributed by atoms with E-state index in [9.17, 15) is 4.79 Å². The second kappa shape index (κ2) is 7.22. The summed E-state index contributed by atoms with van der Waals surface area (Å²) in [5.74, 6) is 0.510. The van der Waals surface area contributed by atoms with Crippen LogP contribution in [0, 0.1) is 0 Å². The average molecular weight is 303 g/mol. The predicted molar refractivity (Wildman–Crippen MR) is 76.4 cm³/mol. The van der Waals surface area contributed by atoms with Crippen molar-refractivity contribution in [1.82, 2.24) is 9.88 Å². The van der Waals surface area contributed by atoms with Gasteiger partial charge in [-0.3, -0.25) is 4.79 Å². The molecule has 1 fully saturated rings. The van der Waals surface area contributed by atoms with Crippen LogP contribution in [-0.2, 0) is 17.1 Å². The number of alkyl halides is 1. The molecule has 106 valence electrons. The zero-order chi connectivity index (χ0) is 13.7. The molecule has 0 saturated heterocycles. The number of aliphatic hydroxyl groups excluding tert-OH is 1. The Morgan fingerprint density at radius 2 is 2.37 bits per heavy atom. The number of hydrogen-bond donors (Lipinski definition) is 1. The first-order chi connectivity index (χ1) is 9.24. The van der Waals surface area contributed by atoms with Gasteiger partial charge in [-0.1, -0.05) is 0 Å². The van der Waals surface area contributed by atoms with Gasteiger partial charge in [-0.15, -0.1) is 22.9 Å². The minimum Gasteiger partial charge on any atom is -0.396 e. The number of carbonyl (C=O) groups excluding carboxylic acids is 1. The maximum atomic E-state index is 12.3. The van der Waals surface area contributed by atoms with E-state index in [0.717, 1.165) is 23.5 Å². The fraction of sp³-hybridized carbons (Fsp3) is 0.692. The van der Waals surface area contributed by atoms with Crippen molar-refractivity contribution in [3.05, 3.63) is 16.1 Å². The molecule has 1 heterocycles. The molecule has 0 spiro atoms. The maximum absolute atomic E-state index is 12.3. The lowest BCUT2D eigenvalue weighted by atomic mass is 9.91. The van der Waals surface area contributed by atoms with Gasteiger partial charge in [-0.2, -0.15) is 0 Å². The largest absolute Gasteiger partial charge is 0.396 e. The Bertz CT molecular complexity index is 421. The van der Waals surface area contributed by atoms with Gasteiger partial charge in [0.1, 0.15) is 5.01 Å². The Labute approximate surface area is 122 Å². The molecule has 2 rings (SSSR count). The second-order valence-electron chi connectivity index (χ2n) is 4.79. The third-order valence-corrected chi connectivity index (χ3v) is 4.60. The molecule has 0 aromatic carbocycles. The monoisotopic (exact) mass is 302 g/mol. The van der Waals surface area contributed by atoms with E-state index in [-0.39, 0.29) is 12.5 Å². The number of aliphatic hydroxyl groups is 1. The Balaban J connectivity index is 1.93. The van der Waals surface area contributed by atoms with E-state index < -0.39 is 0 Å². The van der Waals surface area contributed by atoms with Crippen LogP contribution >= 0.6 is 22.9 Å². The lowest BCUT2D eigenvalue weighted by Gasteiger charge is -2.37. The highest BCUT2D eigenvalue weighted by Crippen LogP contribution is 2.26. The van der Waals surface area contributed by atoms with E-state index in [1.807, 2.05) is 10.3 Å². The smallest absolute Gasteiger partial charge is 0.229 e. The Morgan fingerprint density at radius 3 is 2.89 bits per heavy atom. The van der Waals surface area contributed by atoms with Crippen LogP contribution in [0.15, 0.2) is 5.38 Å². The van der Waals surface area contributed by atoms with Gasteiger partial charge in [0.15, 0.2) is 0 Å². The summed E-state index contributed by atoms with van der Waals surface area (Å²) >= 11 is 7.20. The van der Waals surface area contributed by atoms with Crippen molar-refractivity contribution in [2.45, 2.75) is 44.0 Å². The Kier molecular flexibility index (Phi) is 5.60. The van der Waals surface area contributed by atoms with Crippen molar-refractivity contribution in [3.63, 3.8) is 0 Å². The highest BCUT2D eigenvalue weighted by molar-refractivity contribution is 7.09. The van der Waals surface area contributed by atoms with Crippen LogP contribution in [0.4, 0.5) is 0 Å². The van der Waals surface area contributed by atoms with Crippen molar-refractivity contribution < 1.29 is 9.90 Å². The number of amides is 1. The van der Waals surface area contributed by atoms with Gasteiger partial charge in [0, 0.05) is 24.6 Å². The van der Waals surface area contributed by atoms with Crippen LogP contribution < -0.4 is 0 Å². The summed E-state index contributed by atoms with van der Waals surface area (Å²) in [5, 5.41) is 11.7. The molecule has 0 bridgehead atoms. The molecular formula is C13H19ClN2O2S. The molecule has 1 aliphatic rings. The predicted octanol–water partition coefficient (Wildman–Crippen LogP) is 2.19. The van der Waals surface area contributed by atoms with Gasteiger partial charge in [-0.05, 0) is 25.7 Å². The summed E-state index contributed by atoms with van der Waals surface area (Å²) in [6.07, 6.45) is 4.36. The summed E-state index contributed by atoms with van der Waals surface area (Å²) in [6, 6.07) is 0.367. The summed E-state index contributed by atoms with van der Waals surface area (Å²) in [6.45, 7) is 0.776. The molecule has 1 aromatic rings. The third kappa shape index (κ3) is 3.91. The fourth-order valence-corrected chi connectivity index (χ4v) is 3.19. The van der Waals surface area contributed by atoms with Crippen LogP contribution in [0.2, 0.25) is 0 Å². The standard InChI is InChI=1S/C13H19ClN2O2S/c14-8-10-9-19-12(15-10)7-13(18)16(5-2-6-17)11-3-1-4-11/h9,11,17H,1-8H2. The minimum atomic E-state index is 0.119. The second-order valence-corrected chi connectivity index (χ2v) is 6.00. The van der Waals surface area contributed by atoms with Crippen molar-refractivity contribution in [3.8, 4) is 0 Å². The molecule has 4 nitrogen and oxygen atoms in total. The lowest BCUT2D eigenvalue weighted by Crippen LogP contribution is -2.45. The lowest BCUT2D eigenvalue weighted by molar-refractivity contribution is -0.134. The first-order valence-corrected chi connectivity index (χ1v) is 8.05. The Hall–Kier alpha value is -0.650. The van der Waals surface area contributed by atoms with Crippen molar-refractivity contribution in [2.24, 2.45) is 0 Å². The highest BCUT2D eigenvalue weighted by atomic mass is 35.5. The highest BCUT2D eigenvalue weighted by Gasteiger charge is 2.28. The molecule has 0 unspecified atom stereocenters. The van der Waals surface area contributed by atoms with Crippen LogP contribution in [0.3, 0.4) is 0 Å². The van der Waals surface area contributed by atoms with E-state index in [1.54, 1.807) is 0 Å². The minimum absolute atomic E-state index is 0.119. The van der Waals surface area contributed by atoms with Crippen molar-refractivity contribution in [1.29, 1.82) is 0 Å². The van der Waals surface area contributed by atoms with Crippen LogP contribution in [0.1, 0.15) is 36.4 Å². The summed E-state index contributed by atoms with van der Waals surface area (Å²) in [5.41, 5.74) is 0.833. The van der Waals surface area contributed by atoms with Crippen LogP contribution in [-0.4, -0.2) is 40.1 Å². The number of hydrogen-bond acceptors (Lipinski definition) is 4. The molecule has 0 atom stereocenters. The SMILES string of the molecule is O=C(Cc1nc(CCl)cs1)N(CCCO)C1CCC1. The maximum Gasteiger partial charge on any atom is 0.229 e. The van der Waals surface area contributed by atoms with E-state index in [0.29, 0.717) is 31.3 Å². The summed E-state index contributed by atoms with van der Waals surface area (Å²) in [7, 11) is 0. The molecule has 0 aliphatic heterocycles. The fourth-order valence-electron chi connectivity index (χ4n) is 2.17. The number of rotatable bonds is 7. The molecule has 6 heteroatoms. The van der Waals surface area contributed by atoms with E-state index in [1.165, 1.54) is 17.8 Å². The van der Waals surface area contributed by atoms with Gasteiger partial charge in [0.25, 0.3) is 0 Å². The van der Waals surface area contributed by atoms with Gasteiger partial charge >= 0.3 is 0 Å². The van der Waals surface area contributed by atoms with Gasteiger partial charge < -0.3 is 10.0 Å². The van der Waals surface area contributed by atoms with E-state index in [2.05, 4.69) is 4.98 Å². The molecule has 19 heavy (non-hydrogen) atoms. The average Bonchev–Trinajstić information content (AvgIpc) is 2.79. The normalized spacial score (nSPS) is 15.3. The van der Waals surface area contributed by atoms with Crippen molar-refractivity contribution in [2.75, 3.05) is 13.2 Å².